The highest BCUT2D eigenvalue weighted by molar-refractivity contribution is 5.78. The quantitative estimate of drug-likeness (QED) is 0.871. The smallest absolute Gasteiger partial charge is 0.260 e. The Hall–Kier alpha value is -2.33. The van der Waals surface area contributed by atoms with E-state index in [-0.39, 0.29) is 18.6 Å². The molecule has 0 N–H and O–H groups in total. The molecule has 1 heterocycles. The van der Waals surface area contributed by atoms with E-state index in [1.165, 1.54) is 5.56 Å². The third kappa shape index (κ3) is 3.90. The van der Waals surface area contributed by atoms with Crippen LogP contribution in [0.2, 0.25) is 0 Å². The van der Waals surface area contributed by atoms with Crippen LogP contribution in [0.4, 0.5) is 0 Å². The van der Waals surface area contributed by atoms with Crippen molar-refractivity contribution in [3.8, 4) is 5.75 Å². The first kappa shape index (κ1) is 15.6. The van der Waals surface area contributed by atoms with Gasteiger partial charge >= 0.3 is 0 Å². The Kier molecular flexibility index (Phi) is 4.93. The lowest BCUT2D eigenvalue weighted by Crippen LogP contribution is -2.44. The summed E-state index contributed by atoms with van der Waals surface area (Å²) < 4.78 is 11.4. The number of carbonyl (C=O) groups excluding carboxylic acids is 1. The van der Waals surface area contributed by atoms with Gasteiger partial charge in [0, 0.05) is 6.54 Å². The monoisotopic (exact) mass is 311 g/mol. The molecule has 2 aromatic carbocycles. The Labute approximate surface area is 136 Å². The molecule has 0 bridgehead atoms. The molecule has 0 saturated carbocycles. The van der Waals surface area contributed by atoms with Gasteiger partial charge < -0.3 is 14.4 Å². The van der Waals surface area contributed by atoms with Crippen molar-refractivity contribution in [2.45, 2.75) is 13.0 Å². The molecule has 0 radical (unpaired) electrons. The van der Waals surface area contributed by atoms with Gasteiger partial charge in [-0.15, -0.1) is 0 Å². The van der Waals surface area contributed by atoms with Crippen molar-refractivity contribution >= 4 is 5.91 Å². The maximum Gasteiger partial charge on any atom is 0.260 e. The molecule has 0 spiro atoms. The molecule has 1 unspecified atom stereocenters. The molecule has 1 saturated heterocycles. The summed E-state index contributed by atoms with van der Waals surface area (Å²) in [6.45, 7) is 3.86. The Morgan fingerprint density at radius 2 is 1.91 bits per heavy atom. The van der Waals surface area contributed by atoms with Gasteiger partial charge in [-0.1, -0.05) is 42.5 Å². The molecule has 4 nitrogen and oxygen atoms in total. The number of para-hydroxylation sites is 1. The van der Waals surface area contributed by atoms with Crippen molar-refractivity contribution < 1.29 is 14.3 Å². The van der Waals surface area contributed by atoms with E-state index in [2.05, 4.69) is 19.1 Å². The summed E-state index contributed by atoms with van der Waals surface area (Å²) in [4.78, 5) is 14.2. The van der Waals surface area contributed by atoms with Crippen LogP contribution in [0.3, 0.4) is 0 Å². The number of carbonyl (C=O) groups is 1. The zero-order chi connectivity index (χ0) is 16.1. The van der Waals surface area contributed by atoms with E-state index in [9.17, 15) is 4.79 Å². The van der Waals surface area contributed by atoms with E-state index in [0.717, 1.165) is 5.56 Å². The fourth-order valence-corrected chi connectivity index (χ4v) is 2.77. The molecular formula is C19H21NO3. The molecule has 1 aliphatic heterocycles. The summed E-state index contributed by atoms with van der Waals surface area (Å²) in [5, 5.41) is 0. The van der Waals surface area contributed by atoms with Crippen molar-refractivity contribution in [3.05, 3.63) is 65.7 Å². The third-order valence-electron chi connectivity index (χ3n) is 4.06. The second kappa shape index (κ2) is 7.29. The number of benzene rings is 2. The summed E-state index contributed by atoms with van der Waals surface area (Å²) in [6, 6.07) is 17.6. The second-order valence-electron chi connectivity index (χ2n) is 5.66. The van der Waals surface area contributed by atoms with E-state index in [4.69, 9.17) is 9.47 Å². The van der Waals surface area contributed by atoms with Crippen LogP contribution < -0.4 is 4.74 Å². The zero-order valence-electron chi connectivity index (χ0n) is 13.3. The number of hydrogen-bond donors (Lipinski definition) is 0. The van der Waals surface area contributed by atoms with Gasteiger partial charge in [-0.3, -0.25) is 4.79 Å². The van der Waals surface area contributed by atoms with E-state index >= 15 is 0 Å². The van der Waals surface area contributed by atoms with Crippen molar-refractivity contribution in [1.29, 1.82) is 0 Å². The molecule has 2 aromatic rings. The second-order valence-corrected chi connectivity index (χ2v) is 5.66. The topological polar surface area (TPSA) is 38.8 Å². The highest BCUT2D eigenvalue weighted by atomic mass is 16.5. The molecule has 1 aliphatic rings. The number of nitrogens with zero attached hydrogens (tertiary/aromatic N) is 1. The summed E-state index contributed by atoms with van der Waals surface area (Å²) >= 11 is 0. The Balaban J connectivity index is 1.60. The minimum absolute atomic E-state index is 0.00395. The van der Waals surface area contributed by atoms with Gasteiger partial charge in [0.2, 0.25) is 0 Å². The number of hydrogen-bond acceptors (Lipinski definition) is 3. The molecule has 1 atom stereocenters. The molecule has 0 aliphatic carbocycles. The van der Waals surface area contributed by atoms with Crippen LogP contribution in [0.5, 0.6) is 5.75 Å². The highest BCUT2D eigenvalue weighted by Crippen LogP contribution is 2.25. The van der Waals surface area contributed by atoms with Crippen molar-refractivity contribution in [1.82, 2.24) is 4.90 Å². The summed E-state index contributed by atoms with van der Waals surface area (Å²) in [5.41, 5.74) is 2.33. The summed E-state index contributed by atoms with van der Waals surface area (Å²) in [5.74, 6) is 0.709. The molecular weight excluding hydrogens is 290 g/mol. The number of aryl methyl sites for hydroxylation is 1. The fraction of sp³-hybridized carbons (Fsp3) is 0.316. The van der Waals surface area contributed by atoms with E-state index in [1.807, 2.05) is 47.4 Å². The maximum absolute atomic E-state index is 12.4. The number of morpholine rings is 1. The first-order valence-corrected chi connectivity index (χ1v) is 7.87. The third-order valence-corrected chi connectivity index (χ3v) is 4.06. The van der Waals surface area contributed by atoms with Crippen molar-refractivity contribution in [2.24, 2.45) is 0 Å². The first-order chi connectivity index (χ1) is 11.2. The predicted molar refractivity (Wildman–Crippen MR) is 88.4 cm³/mol. The molecule has 1 fully saturated rings. The standard InChI is InChI=1S/C19H21NO3/c1-15-7-5-6-10-17(15)18-13-20(11-12-22-18)19(21)14-23-16-8-3-2-4-9-16/h2-10,18H,11-14H2,1H3. The van der Waals surface area contributed by atoms with Gasteiger partial charge in [-0.05, 0) is 30.2 Å². The lowest BCUT2D eigenvalue weighted by atomic mass is 10.0. The number of rotatable bonds is 4. The van der Waals surface area contributed by atoms with Crippen LogP contribution in [0.1, 0.15) is 17.2 Å². The van der Waals surface area contributed by atoms with Gasteiger partial charge in [0.25, 0.3) is 5.91 Å². The Morgan fingerprint density at radius 1 is 1.17 bits per heavy atom. The Morgan fingerprint density at radius 3 is 2.70 bits per heavy atom. The highest BCUT2D eigenvalue weighted by Gasteiger charge is 2.26. The minimum atomic E-state index is -0.0642. The Bertz CT molecular complexity index is 657. The summed E-state index contributed by atoms with van der Waals surface area (Å²) in [7, 11) is 0. The van der Waals surface area contributed by atoms with Gasteiger partial charge in [0.05, 0.1) is 13.2 Å². The molecule has 120 valence electrons. The zero-order valence-corrected chi connectivity index (χ0v) is 13.3. The van der Waals surface area contributed by atoms with E-state index in [0.29, 0.717) is 25.4 Å². The molecule has 23 heavy (non-hydrogen) atoms. The summed E-state index contributed by atoms with van der Waals surface area (Å²) in [6.07, 6.45) is -0.0642. The lowest BCUT2D eigenvalue weighted by Gasteiger charge is -2.33. The normalized spacial score (nSPS) is 17.8. The first-order valence-electron chi connectivity index (χ1n) is 7.87. The largest absolute Gasteiger partial charge is 0.484 e. The van der Waals surface area contributed by atoms with E-state index in [1.54, 1.807) is 0 Å². The van der Waals surface area contributed by atoms with E-state index < -0.39 is 0 Å². The van der Waals surface area contributed by atoms with Crippen LogP contribution in [0.15, 0.2) is 54.6 Å². The number of ether oxygens (including phenoxy) is 2. The molecule has 1 amide bonds. The SMILES string of the molecule is Cc1ccccc1C1CN(C(=O)COc2ccccc2)CCO1. The van der Waals surface area contributed by atoms with Crippen LogP contribution in [0.25, 0.3) is 0 Å². The van der Waals surface area contributed by atoms with Gasteiger partial charge in [0.15, 0.2) is 6.61 Å². The van der Waals surface area contributed by atoms with Crippen LogP contribution in [-0.4, -0.2) is 37.1 Å². The van der Waals surface area contributed by atoms with Gasteiger partial charge in [0.1, 0.15) is 11.9 Å². The van der Waals surface area contributed by atoms with Gasteiger partial charge in [-0.25, -0.2) is 0 Å². The average Bonchev–Trinajstić information content (AvgIpc) is 2.61. The fourth-order valence-electron chi connectivity index (χ4n) is 2.77. The number of amides is 1. The van der Waals surface area contributed by atoms with Gasteiger partial charge in [-0.2, -0.15) is 0 Å². The van der Waals surface area contributed by atoms with Crippen molar-refractivity contribution in [2.75, 3.05) is 26.3 Å². The van der Waals surface area contributed by atoms with Crippen molar-refractivity contribution in [3.63, 3.8) is 0 Å². The predicted octanol–water partition coefficient (Wildman–Crippen LogP) is 2.97. The molecule has 4 heteroatoms. The van der Waals surface area contributed by atoms with Crippen LogP contribution in [-0.2, 0) is 9.53 Å². The van der Waals surface area contributed by atoms with Crippen LogP contribution in [0, 0.1) is 6.92 Å². The lowest BCUT2D eigenvalue weighted by molar-refractivity contribution is -0.141. The molecule has 0 aromatic heterocycles. The molecule has 3 rings (SSSR count). The average molecular weight is 311 g/mol. The van der Waals surface area contributed by atoms with Crippen LogP contribution >= 0.6 is 0 Å². The maximum atomic E-state index is 12.4. The minimum Gasteiger partial charge on any atom is -0.484 e.